The minimum Gasteiger partial charge on any atom is -0.490 e. The van der Waals surface area contributed by atoms with Crippen molar-refractivity contribution in [1.82, 2.24) is 4.90 Å². The van der Waals surface area contributed by atoms with Gasteiger partial charge in [-0.05, 0) is 37.1 Å². The van der Waals surface area contributed by atoms with E-state index in [1.165, 1.54) is 11.1 Å². The number of ether oxygens (including phenoxy) is 1. The molecule has 104 valence electrons. The first-order chi connectivity index (χ1) is 9.10. The van der Waals surface area contributed by atoms with Crippen molar-refractivity contribution in [3.8, 4) is 5.75 Å². The van der Waals surface area contributed by atoms with Gasteiger partial charge in [0.05, 0.1) is 6.54 Å². The van der Waals surface area contributed by atoms with Gasteiger partial charge in [0.25, 0.3) is 0 Å². The molecule has 0 aliphatic carbocycles. The summed E-state index contributed by atoms with van der Waals surface area (Å²) in [5.41, 5.74) is 7.89. The molecule has 1 fully saturated rings. The molecule has 0 atom stereocenters. The Morgan fingerprint density at radius 1 is 1.32 bits per heavy atom. The monoisotopic (exact) mass is 262 g/mol. The SMILES string of the molecule is Cc1ccc(OC2CCN(C(=O)CN)CC2)cc1C. The van der Waals surface area contributed by atoms with Crippen LogP contribution in [0.3, 0.4) is 0 Å². The molecule has 19 heavy (non-hydrogen) atoms. The molecule has 0 saturated carbocycles. The molecule has 0 bridgehead atoms. The molecule has 1 saturated heterocycles. The smallest absolute Gasteiger partial charge is 0.236 e. The molecule has 0 spiro atoms. The number of nitrogens with two attached hydrogens (primary N) is 1. The Bertz CT molecular complexity index is 451. The molecule has 0 radical (unpaired) electrons. The lowest BCUT2D eigenvalue weighted by molar-refractivity contribution is -0.131. The molecular weight excluding hydrogens is 240 g/mol. The van der Waals surface area contributed by atoms with Gasteiger partial charge in [-0.25, -0.2) is 0 Å². The second-order valence-electron chi connectivity index (χ2n) is 5.15. The molecule has 4 heteroatoms. The van der Waals surface area contributed by atoms with Crippen LogP contribution in [-0.4, -0.2) is 36.5 Å². The zero-order valence-electron chi connectivity index (χ0n) is 11.7. The zero-order chi connectivity index (χ0) is 13.8. The van der Waals surface area contributed by atoms with Gasteiger partial charge < -0.3 is 15.4 Å². The van der Waals surface area contributed by atoms with Crippen molar-refractivity contribution in [2.45, 2.75) is 32.8 Å². The van der Waals surface area contributed by atoms with Crippen molar-refractivity contribution in [3.63, 3.8) is 0 Å². The van der Waals surface area contributed by atoms with Crippen molar-refractivity contribution in [3.05, 3.63) is 29.3 Å². The van der Waals surface area contributed by atoms with Crippen LogP contribution in [0, 0.1) is 13.8 Å². The number of carbonyl (C=O) groups excluding carboxylic acids is 1. The Labute approximate surface area is 114 Å². The van der Waals surface area contributed by atoms with Gasteiger partial charge in [0.2, 0.25) is 5.91 Å². The Balaban J connectivity index is 1.88. The number of piperidine rings is 1. The highest BCUT2D eigenvalue weighted by molar-refractivity contribution is 5.78. The predicted molar refractivity (Wildman–Crippen MR) is 75.2 cm³/mol. The maximum absolute atomic E-state index is 11.5. The van der Waals surface area contributed by atoms with E-state index in [1.807, 2.05) is 11.0 Å². The van der Waals surface area contributed by atoms with Gasteiger partial charge in [-0.15, -0.1) is 0 Å². The van der Waals surface area contributed by atoms with E-state index in [-0.39, 0.29) is 18.6 Å². The third kappa shape index (κ3) is 3.47. The average molecular weight is 262 g/mol. The van der Waals surface area contributed by atoms with E-state index in [0.29, 0.717) is 0 Å². The number of amides is 1. The molecule has 1 aliphatic heterocycles. The molecule has 1 aromatic rings. The minimum atomic E-state index is 0.0321. The molecule has 2 rings (SSSR count). The third-order valence-corrected chi connectivity index (χ3v) is 3.75. The van der Waals surface area contributed by atoms with Gasteiger partial charge in [-0.3, -0.25) is 4.79 Å². The van der Waals surface area contributed by atoms with Gasteiger partial charge in [-0.2, -0.15) is 0 Å². The molecule has 1 aromatic carbocycles. The van der Waals surface area contributed by atoms with Crippen molar-refractivity contribution in [2.24, 2.45) is 5.73 Å². The molecule has 2 N–H and O–H groups in total. The average Bonchev–Trinajstić information content (AvgIpc) is 2.43. The molecular formula is C15H22N2O2. The Morgan fingerprint density at radius 3 is 2.58 bits per heavy atom. The number of hydrogen-bond acceptors (Lipinski definition) is 3. The first-order valence-corrected chi connectivity index (χ1v) is 6.82. The Hall–Kier alpha value is -1.55. The summed E-state index contributed by atoms with van der Waals surface area (Å²) >= 11 is 0. The van der Waals surface area contributed by atoms with E-state index in [1.54, 1.807) is 0 Å². The largest absolute Gasteiger partial charge is 0.490 e. The van der Waals surface area contributed by atoms with Gasteiger partial charge in [0.1, 0.15) is 11.9 Å². The highest BCUT2D eigenvalue weighted by Gasteiger charge is 2.23. The highest BCUT2D eigenvalue weighted by Crippen LogP contribution is 2.21. The van der Waals surface area contributed by atoms with E-state index < -0.39 is 0 Å². The minimum absolute atomic E-state index is 0.0321. The van der Waals surface area contributed by atoms with Gasteiger partial charge in [0, 0.05) is 25.9 Å². The van der Waals surface area contributed by atoms with Gasteiger partial charge >= 0.3 is 0 Å². The Morgan fingerprint density at radius 2 is 2.00 bits per heavy atom. The van der Waals surface area contributed by atoms with Gasteiger partial charge in [-0.1, -0.05) is 6.07 Å². The van der Waals surface area contributed by atoms with Crippen molar-refractivity contribution in [2.75, 3.05) is 19.6 Å². The number of hydrogen-bond donors (Lipinski definition) is 1. The van der Waals surface area contributed by atoms with Crippen molar-refractivity contribution >= 4 is 5.91 Å². The van der Waals surface area contributed by atoms with E-state index in [9.17, 15) is 4.79 Å². The summed E-state index contributed by atoms with van der Waals surface area (Å²) in [6.45, 7) is 5.76. The summed E-state index contributed by atoms with van der Waals surface area (Å²) in [7, 11) is 0. The molecule has 1 aliphatic rings. The standard InChI is InChI=1S/C15H22N2O2/c1-11-3-4-14(9-12(11)2)19-13-5-7-17(8-6-13)15(18)10-16/h3-4,9,13H,5-8,10,16H2,1-2H3. The summed E-state index contributed by atoms with van der Waals surface area (Å²) in [5, 5.41) is 0. The van der Waals surface area contributed by atoms with Crippen LogP contribution in [0.2, 0.25) is 0 Å². The second kappa shape index (κ2) is 6.06. The molecule has 0 unspecified atom stereocenters. The van der Waals surface area contributed by atoms with E-state index in [4.69, 9.17) is 10.5 Å². The number of likely N-dealkylation sites (tertiary alicyclic amines) is 1. The fourth-order valence-corrected chi connectivity index (χ4v) is 2.33. The molecule has 1 heterocycles. The molecule has 4 nitrogen and oxygen atoms in total. The van der Waals surface area contributed by atoms with Crippen molar-refractivity contribution in [1.29, 1.82) is 0 Å². The summed E-state index contributed by atoms with van der Waals surface area (Å²) in [6.07, 6.45) is 1.95. The van der Waals surface area contributed by atoms with Crippen LogP contribution in [0.5, 0.6) is 5.75 Å². The number of carbonyl (C=O) groups is 1. The van der Waals surface area contributed by atoms with Crippen LogP contribution >= 0.6 is 0 Å². The molecule has 0 aromatic heterocycles. The van der Waals surface area contributed by atoms with Crippen LogP contribution in [0.1, 0.15) is 24.0 Å². The maximum Gasteiger partial charge on any atom is 0.236 e. The second-order valence-corrected chi connectivity index (χ2v) is 5.15. The summed E-state index contributed by atoms with van der Waals surface area (Å²) in [4.78, 5) is 13.3. The fraction of sp³-hybridized carbons (Fsp3) is 0.533. The lowest BCUT2D eigenvalue weighted by Gasteiger charge is -2.32. The van der Waals surface area contributed by atoms with E-state index in [2.05, 4.69) is 26.0 Å². The summed E-state index contributed by atoms with van der Waals surface area (Å²) < 4.78 is 5.98. The maximum atomic E-state index is 11.5. The van der Waals surface area contributed by atoms with E-state index >= 15 is 0 Å². The Kier molecular flexibility index (Phi) is 4.43. The first kappa shape index (κ1) is 13.9. The van der Waals surface area contributed by atoms with Crippen LogP contribution in [-0.2, 0) is 4.79 Å². The number of benzene rings is 1. The molecule has 1 amide bonds. The summed E-state index contributed by atoms with van der Waals surface area (Å²) in [6, 6.07) is 6.17. The quantitative estimate of drug-likeness (QED) is 0.901. The van der Waals surface area contributed by atoms with Crippen LogP contribution in [0.25, 0.3) is 0 Å². The number of aryl methyl sites for hydroxylation is 2. The lowest BCUT2D eigenvalue weighted by Crippen LogP contribution is -2.44. The van der Waals surface area contributed by atoms with Crippen LogP contribution in [0.4, 0.5) is 0 Å². The normalized spacial score (nSPS) is 16.5. The zero-order valence-corrected chi connectivity index (χ0v) is 11.7. The van der Waals surface area contributed by atoms with Crippen LogP contribution < -0.4 is 10.5 Å². The fourth-order valence-electron chi connectivity index (χ4n) is 2.33. The highest BCUT2D eigenvalue weighted by atomic mass is 16.5. The number of rotatable bonds is 3. The third-order valence-electron chi connectivity index (χ3n) is 3.75. The van der Waals surface area contributed by atoms with Crippen LogP contribution in [0.15, 0.2) is 18.2 Å². The topological polar surface area (TPSA) is 55.6 Å². The lowest BCUT2D eigenvalue weighted by atomic mass is 10.1. The predicted octanol–water partition coefficient (Wildman–Crippen LogP) is 1.63. The van der Waals surface area contributed by atoms with E-state index in [0.717, 1.165) is 31.7 Å². The van der Waals surface area contributed by atoms with Crippen molar-refractivity contribution < 1.29 is 9.53 Å². The summed E-state index contributed by atoms with van der Waals surface area (Å²) in [5.74, 6) is 0.955. The van der Waals surface area contributed by atoms with Gasteiger partial charge in [0.15, 0.2) is 0 Å². The number of nitrogens with zero attached hydrogens (tertiary/aromatic N) is 1. The first-order valence-electron chi connectivity index (χ1n) is 6.82.